The van der Waals surface area contributed by atoms with Gasteiger partial charge in [0.05, 0.1) is 35.0 Å². The summed E-state index contributed by atoms with van der Waals surface area (Å²) in [7, 11) is 0. The van der Waals surface area contributed by atoms with Crippen LogP contribution in [0.2, 0.25) is 5.02 Å². The third-order valence-corrected chi connectivity index (χ3v) is 7.72. The molecule has 1 atom stereocenters. The lowest BCUT2D eigenvalue weighted by molar-refractivity contribution is -0.132. The van der Waals surface area contributed by atoms with Gasteiger partial charge >= 0.3 is 5.91 Å². The van der Waals surface area contributed by atoms with Gasteiger partial charge in [-0.15, -0.1) is 0 Å². The second kappa shape index (κ2) is 11.7. The number of anilines is 1. The fourth-order valence-corrected chi connectivity index (χ4v) is 5.65. The van der Waals surface area contributed by atoms with Crippen molar-refractivity contribution in [1.82, 2.24) is 4.98 Å². The molecule has 4 aromatic rings. The molecule has 40 heavy (non-hydrogen) atoms. The highest BCUT2D eigenvalue weighted by molar-refractivity contribution is 7.22. The average Bonchev–Trinajstić information content (AvgIpc) is 3.47. The van der Waals surface area contributed by atoms with E-state index in [0.717, 1.165) is 24.2 Å². The van der Waals surface area contributed by atoms with Gasteiger partial charge in [0.15, 0.2) is 16.6 Å². The number of ether oxygens (including phenoxy) is 2. The van der Waals surface area contributed by atoms with Crippen molar-refractivity contribution in [2.45, 2.75) is 32.7 Å². The Hall–Kier alpha value is -3.95. The first-order valence-electron chi connectivity index (χ1n) is 12.8. The van der Waals surface area contributed by atoms with Crippen LogP contribution in [0.25, 0.3) is 16.0 Å². The molecule has 0 saturated carbocycles. The van der Waals surface area contributed by atoms with E-state index >= 15 is 0 Å². The number of nitrogens with zero attached hydrogens (tertiary/aromatic N) is 2. The number of ketones is 1. The van der Waals surface area contributed by atoms with Crippen LogP contribution < -0.4 is 14.4 Å². The summed E-state index contributed by atoms with van der Waals surface area (Å²) in [6.07, 6.45) is 1.83. The molecule has 0 bridgehead atoms. The van der Waals surface area contributed by atoms with E-state index in [1.807, 2.05) is 6.92 Å². The Kier molecular flexibility index (Phi) is 8.04. The van der Waals surface area contributed by atoms with Crippen LogP contribution >= 0.6 is 22.9 Å². The van der Waals surface area contributed by atoms with Crippen molar-refractivity contribution in [3.05, 3.63) is 88.2 Å². The van der Waals surface area contributed by atoms with Crippen molar-refractivity contribution in [2.75, 3.05) is 18.1 Å². The molecule has 2 heterocycles. The summed E-state index contributed by atoms with van der Waals surface area (Å²) in [5, 5.41) is 12.0. The number of aliphatic hydroxyl groups is 1. The molecule has 1 saturated heterocycles. The summed E-state index contributed by atoms with van der Waals surface area (Å²) >= 11 is 7.11. The molecule has 1 fully saturated rings. The van der Waals surface area contributed by atoms with Gasteiger partial charge in [0, 0.05) is 10.6 Å². The van der Waals surface area contributed by atoms with E-state index < -0.39 is 23.5 Å². The smallest absolute Gasteiger partial charge is 0.301 e. The number of carbonyl (C=O) groups is 2. The molecule has 5 rings (SSSR count). The summed E-state index contributed by atoms with van der Waals surface area (Å²) < 4.78 is 26.2. The molecule has 3 aromatic carbocycles. The SMILES string of the molecule is CCCCOc1ccc(C2/C(=C(\O)c3ccc(Cl)cc3)C(=O)C(=O)N2c2nc3ccc(F)cc3s2)cc1OCC. The minimum atomic E-state index is -1.04. The second-order valence-electron chi connectivity index (χ2n) is 9.13. The number of fused-ring (bicyclic) bond motifs is 1. The van der Waals surface area contributed by atoms with Crippen LogP contribution in [0.1, 0.15) is 43.9 Å². The maximum absolute atomic E-state index is 13.9. The average molecular weight is 581 g/mol. The van der Waals surface area contributed by atoms with Crippen LogP contribution in [0.5, 0.6) is 11.5 Å². The molecule has 1 unspecified atom stereocenters. The predicted molar refractivity (Wildman–Crippen MR) is 154 cm³/mol. The first-order chi connectivity index (χ1) is 19.3. The Balaban J connectivity index is 1.69. The van der Waals surface area contributed by atoms with Crippen LogP contribution in [0, 0.1) is 5.82 Å². The fraction of sp³-hybridized carbons (Fsp3) is 0.233. The van der Waals surface area contributed by atoms with Crippen molar-refractivity contribution in [3.63, 3.8) is 0 Å². The normalized spacial score (nSPS) is 16.6. The van der Waals surface area contributed by atoms with Crippen LogP contribution in [0.3, 0.4) is 0 Å². The minimum absolute atomic E-state index is 0.111. The van der Waals surface area contributed by atoms with Crippen molar-refractivity contribution in [1.29, 1.82) is 0 Å². The van der Waals surface area contributed by atoms with Gasteiger partial charge in [-0.1, -0.05) is 42.3 Å². The van der Waals surface area contributed by atoms with E-state index in [-0.39, 0.29) is 16.5 Å². The molecule has 1 amide bonds. The lowest BCUT2D eigenvalue weighted by atomic mass is 9.95. The number of thiazole rings is 1. The topological polar surface area (TPSA) is 89.0 Å². The first kappa shape index (κ1) is 27.6. The quantitative estimate of drug-likeness (QED) is 0.0967. The number of aromatic nitrogens is 1. The number of unbranched alkanes of at least 4 members (excludes halogenated alkanes) is 1. The van der Waals surface area contributed by atoms with Gasteiger partial charge < -0.3 is 14.6 Å². The zero-order valence-electron chi connectivity index (χ0n) is 21.8. The van der Waals surface area contributed by atoms with E-state index in [1.165, 1.54) is 23.1 Å². The third kappa shape index (κ3) is 5.26. The van der Waals surface area contributed by atoms with E-state index in [2.05, 4.69) is 11.9 Å². The van der Waals surface area contributed by atoms with Gasteiger partial charge in [-0.2, -0.15) is 0 Å². The van der Waals surface area contributed by atoms with Crippen molar-refractivity contribution in [2.24, 2.45) is 0 Å². The molecule has 0 radical (unpaired) electrons. The fourth-order valence-electron chi connectivity index (χ4n) is 4.51. The molecule has 0 spiro atoms. The number of amides is 1. The number of carbonyl (C=O) groups excluding carboxylic acids is 2. The summed E-state index contributed by atoms with van der Waals surface area (Å²) in [4.78, 5) is 32.8. The van der Waals surface area contributed by atoms with Crippen LogP contribution in [-0.4, -0.2) is 35.0 Å². The predicted octanol–water partition coefficient (Wildman–Crippen LogP) is 7.29. The number of hydrogen-bond donors (Lipinski definition) is 1. The molecule has 206 valence electrons. The second-order valence-corrected chi connectivity index (χ2v) is 10.6. The number of Topliss-reactive ketones (excluding diaryl/α,β-unsaturated/α-hetero) is 1. The van der Waals surface area contributed by atoms with E-state index in [4.69, 9.17) is 21.1 Å². The number of aliphatic hydroxyl groups excluding tert-OH is 1. The van der Waals surface area contributed by atoms with Gasteiger partial charge in [0.1, 0.15) is 11.6 Å². The highest BCUT2D eigenvalue weighted by atomic mass is 35.5. The van der Waals surface area contributed by atoms with E-state index in [9.17, 15) is 19.1 Å². The van der Waals surface area contributed by atoms with Crippen LogP contribution in [0.15, 0.2) is 66.2 Å². The van der Waals surface area contributed by atoms with E-state index in [1.54, 1.807) is 42.5 Å². The first-order valence-corrected chi connectivity index (χ1v) is 14.0. The lowest BCUT2D eigenvalue weighted by Gasteiger charge is -2.24. The molecule has 0 aliphatic carbocycles. The molecule has 1 aliphatic rings. The maximum Gasteiger partial charge on any atom is 0.301 e. The van der Waals surface area contributed by atoms with Gasteiger partial charge in [0.25, 0.3) is 5.78 Å². The Bertz CT molecular complexity index is 1620. The number of hydrogen-bond acceptors (Lipinski definition) is 7. The molecule has 7 nitrogen and oxygen atoms in total. The van der Waals surface area contributed by atoms with Gasteiger partial charge in [-0.05, 0) is 73.5 Å². The maximum atomic E-state index is 13.9. The van der Waals surface area contributed by atoms with Gasteiger partial charge in [-0.25, -0.2) is 9.37 Å². The van der Waals surface area contributed by atoms with Crippen LogP contribution in [0.4, 0.5) is 9.52 Å². The molecule has 1 aromatic heterocycles. The summed E-state index contributed by atoms with van der Waals surface area (Å²) in [6.45, 7) is 4.78. The standard InChI is InChI=1S/C30H26ClFN2O5S/c1-3-5-14-39-22-13-8-18(15-23(22)38-4-2)26-25(27(35)17-6-9-19(31)10-7-17)28(36)29(37)34(26)30-33-21-12-11-20(32)16-24(21)40-30/h6-13,15-16,26,35H,3-5,14H2,1-2H3/b27-25+. The number of benzene rings is 3. The summed E-state index contributed by atoms with van der Waals surface area (Å²) in [6, 6.07) is 14.5. The van der Waals surface area contributed by atoms with Gasteiger partial charge in [-0.3, -0.25) is 14.5 Å². The highest BCUT2D eigenvalue weighted by Gasteiger charge is 2.48. The minimum Gasteiger partial charge on any atom is -0.507 e. The Morgan fingerprint density at radius 1 is 1.05 bits per heavy atom. The van der Waals surface area contributed by atoms with Crippen molar-refractivity contribution >= 4 is 55.7 Å². The monoisotopic (exact) mass is 580 g/mol. The van der Waals surface area contributed by atoms with Crippen molar-refractivity contribution < 1.29 is 28.6 Å². The Labute approximate surface area is 239 Å². The molecule has 1 N–H and O–H groups in total. The molecule has 10 heteroatoms. The van der Waals surface area contributed by atoms with Gasteiger partial charge in [0.2, 0.25) is 0 Å². The summed E-state index contributed by atoms with van der Waals surface area (Å²) in [5.74, 6) is -1.55. The third-order valence-electron chi connectivity index (χ3n) is 6.45. The molecule has 1 aliphatic heterocycles. The van der Waals surface area contributed by atoms with Crippen LogP contribution in [-0.2, 0) is 9.59 Å². The molecular weight excluding hydrogens is 555 g/mol. The zero-order valence-corrected chi connectivity index (χ0v) is 23.4. The zero-order chi connectivity index (χ0) is 28.4. The van der Waals surface area contributed by atoms with E-state index in [0.29, 0.717) is 51.1 Å². The Morgan fingerprint density at radius 3 is 2.55 bits per heavy atom. The highest BCUT2D eigenvalue weighted by Crippen LogP contribution is 2.46. The van der Waals surface area contributed by atoms with Crippen molar-refractivity contribution in [3.8, 4) is 11.5 Å². The lowest BCUT2D eigenvalue weighted by Crippen LogP contribution is -2.29. The number of rotatable bonds is 9. The number of halogens is 2. The molecular formula is C30H26ClFN2O5S. The largest absolute Gasteiger partial charge is 0.507 e. The Morgan fingerprint density at radius 2 is 1.82 bits per heavy atom. The summed E-state index contributed by atoms with van der Waals surface area (Å²) in [5.41, 5.74) is 1.20.